The van der Waals surface area contributed by atoms with Crippen molar-refractivity contribution in [3.63, 3.8) is 0 Å². The molecule has 1 aliphatic heterocycles. The van der Waals surface area contributed by atoms with E-state index < -0.39 is 0 Å². The van der Waals surface area contributed by atoms with Gasteiger partial charge in [0.25, 0.3) is 0 Å². The summed E-state index contributed by atoms with van der Waals surface area (Å²) in [6, 6.07) is 16.0. The number of nitrogens with zero attached hydrogens (tertiary/aromatic N) is 1. The Hall–Kier alpha value is -2.26. The van der Waals surface area contributed by atoms with Gasteiger partial charge in [-0.2, -0.15) is 0 Å². The standard InChI is InChI=1S/C17H11NOS/c19-15-10-14(16-6-3-9-20-16)18-17-12-5-2-1-4-11(12)7-8-13(15)17/h1-9H,10H2. The maximum atomic E-state index is 12.4. The molecule has 0 fully saturated rings. The smallest absolute Gasteiger partial charge is 0.171 e. The summed E-state index contributed by atoms with van der Waals surface area (Å²) in [5.41, 5.74) is 2.45. The van der Waals surface area contributed by atoms with E-state index in [1.54, 1.807) is 11.3 Å². The van der Waals surface area contributed by atoms with Gasteiger partial charge in [0.15, 0.2) is 5.78 Å². The molecule has 3 heteroatoms. The van der Waals surface area contributed by atoms with Crippen LogP contribution in [0.2, 0.25) is 0 Å². The molecule has 0 bridgehead atoms. The summed E-state index contributed by atoms with van der Waals surface area (Å²) in [5.74, 6) is 0.157. The highest BCUT2D eigenvalue weighted by Gasteiger charge is 2.22. The van der Waals surface area contributed by atoms with E-state index in [0.29, 0.717) is 6.42 Å². The Morgan fingerprint density at radius 1 is 1.00 bits per heavy atom. The molecule has 0 amide bonds. The van der Waals surface area contributed by atoms with Crippen LogP contribution in [-0.4, -0.2) is 11.5 Å². The summed E-state index contributed by atoms with van der Waals surface area (Å²) in [4.78, 5) is 18.2. The maximum absolute atomic E-state index is 12.4. The zero-order valence-electron chi connectivity index (χ0n) is 10.7. The van der Waals surface area contributed by atoms with Gasteiger partial charge in [-0.15, -0.1) is 11.3 Å². The van der Waals surface area contributed by atoms with E-state index in [2.05, 4.69) is 6.07 Å². The van der Waals surface area contributed by atoms with Gasteiger partial charge < -0.3 is 0 Å². The van der Waals surface area contributed by atoms with Crippen molar-refractivity contribution in [3.05, 3.63) is 64.4 Å². The van der Waals surface area contributed by atoms with E-state index in [0.717, 1.165) is 32.6 Å². The lowest BCUT2D eigenvalue weighted by atomic mass is 9.95. The highest BCUT2D eigenvalue weighted by molar-refractivity contribution is 7.12. The number of carbonyl (C=O) groups excluding carboxylic acids is 1. The lowest BCUT2D eigenvalue weighted by molar-refractivity contribution is 0.1000. The second-order valence-corrected chi connectivity index (χ2v) is 5.77. The Labute approximate surface area is 120 Å². The van der Waals surface area contributed by atoms with E-state index in [-0.39, 0.29) is 5.78 Å². The van der Waals surface area contributed by atoms with Gasteiger partial charge in [-0.25, -0.2) is 0 Å². The summed E-state index contributed by atoms with van der Waals surface area (Å²) in [5, 5.41) is 4.18. The average molecular weight is 277 g/mol. The van der Waals surface area contributed by atoms with Crippen LogP contribution in [0.1, 0.15) is 21.7 Å². The van der Waals surface area contributed by atoms with Crippen LogP contribution < -0.4 is 0 Å². The van der Waals surface area contributed by atoms with Crippen LogP contribution >= 0.6 is 11.3 Å². The number of rotatable bonds is 1. The summed E-state index contributed by atoms with van der Waals surface area (Å²) in [6.45, 7) is 0. The monoisotopic (exact) mass is 277 g/mol. The third kappa shape index (κ3) is 1.71. The van der Waals surface area contributed by atoms with Crippen LogP contribution in [0.4, 0.5) is 5.69 Å². The fourth-order valence-corrected chi connectivity index (χ4v) is 3.32. The molecule has 0 radical (unpaired) electrons. The van der Waals surface area contributed by atoms with Crippen molar-refractivity contribution in [3.8, 4) is 0 Å². The number of hydrogen-bond acceptors (Lipinski definition) is 3. The summed E-state index contributed by atoms with van der Waals surface area (Å²) in [6.07, 6.45) is 0.395. The van der Waals surface area contributed by atoms with Gasteiger partial charge in [0, 0.05) is 15.8 Å². The molecule has 0 N–H and O–H groups in total. The van der Waals surface area contributed by atoms with Gasteiger partial charge >= 0.3 is 0 Å². The zero-order valence-corrected chi connectivity index (χ0v) is 11.5. The Balaban J connectivity index is 2.02. The van der Waals surface area contributed by atoms with Crippen LogP contribution in [0.25, 0.3) is 10.8 Å². The van der Waals surface area contributed by atoms with Crippen molar-refractivity contribution < 1.29 is 4.79 Å². The first kappa shape index (κ1) is 11.6. The molecule has 0 spiro atoms. The fourth-order valence-electron chi connectivity index (χ4n) is 2.61. The SMILES string of the molecule is O=C1CC(c2cccs2)=Nc2c1ccc1ccccc21. The van der Waals surface area contributed by atoms with Crippen molar-refractivity contribution in [2.24, 2.45) is 4.99 Å². The van der Waals surface area contributed by atoms with Crippen LogP contribution in [0.5, 0.6) is 0 Å². The molecule has 2 aromatic carbocycles. The number of aliphatic imine (C=N–C) groups is 1. The first-order valence-corrected chi connectivity index (χ1v) is 7.37. The number of carbonyl (C=O) groups is 1. The van der Waals surface area contributed by atoms with Crippen LogP contribution in [-0.2, 0) is 0 Å². The number of Topliss-reactive ketones (excluding diaryl/α,β-unsaturated/α-hetero) is 1. The molecule has 2 nitrogen and oxygen atoms in total. The molecule has 0 atom stereocenters. The first-order valence-electron chi connectivity index (χ1n) is 6.49. The van der Waals surface area contributed by atoms with E-state index in [1.165, 1.54) is 0 Å². The molecule has 0 saturated carbocycles. The van der Waals surface area contributed by atoms with Gasteiger partial charge in [-0.3, -0.25) is 9.79 Å². The van der Waals surface area contributed by atoms with Gasteiger partial charge in [-0.05, 0) is 22.9 Å². The Morgan fingerprint density at radius 3 is 2.75 bits per heavy atom. The van der Waals surface area contributed by atoms with Gasteiger partial charge in [-0.1, -0.05) is 36.4 Å². The van der Waals surface area contributed by atoms with Crippen LogP contribution in [0.15, 0.2) is 58.9 Å². The minimum Gasteiger partial charge on any atom is -0.294 e. The number of benzene rings is 2. The van der Waals surface area contributed by atoms with E-state index in [9.17, 15) is 4.79 Å². The van der Waals surface area contributed by atoms with Gasteiger partial charge in [0.1, 0.15) is 0 Å². The molecule has 1 aromatic heterocycles. The van der Waals surface area contributed by atoms with Crippen molar-refractivity contribution in [2.75, 3.05) is 0 Å². The number of hydrogen-bond donors (Lipinski definition) is 0. The van der Waals surface area contributed by atoms with Crippen molar-refractivity contribution >= 4 is 39.3 Å². The molecule has 3 aromatic rings. The highest BCUT2D eigenvalue weighted by Crippen LogP contribution is 2.35. The Morgan fingerprint density at radius 2 is 1.90 bits per heavy atom. The molecule has 2 heterocycles. The lowest BCUT2D eigenvalue weighted by Gasteiger charge is -2.15. The minimum atomic E-state index is 0.157. The third-order valence-electron chi connectivity index (χ3n) is 3.58. The predicted octanol–water partition coefficient (Wildman–Crippen LogP) is 4.61. The Kier molecular flexibility index (Phi) is 2.54. The number of ketones is 1. The number of thiophene rings is 1. The fraction of sp³-hybridized carbons (Fsp3) is 0.0588. The lowest BCUT2D eigenvalue weighted by Crippen LogP contribution is -2.13. The second kappa shape index (κ2) is 4.39. The van der Waals surface area contributed by atoms with E-state index in [4.69, 9.17) is 4.99 Å². The quantitative estimate of drug-likeness (QED) is 0.638. The minimum absolute atomic E-state index is 0.157. The van der Waals surface area contributed by atoms with Crippen LogP contribution in [0, 0.1) is 0 Å². The molecule has 1 aliphatic rings. The number of fused-ring (bicyclic) bond motifs is 3. The molecule has 96 valence electrons. The van der Waals surface area contributed by atoms with Crippen molar-refractivity contribution in [1.29, 1.82) is 0 Å². The molecule has 0 unspecified atom stereocenters. The predicted molar refractivity (Wildman–Crippen MR) is 83.4 cm³/mol. The van der Waals surface area contributed by atoms with E-state index in [1.807, 2.05) is 47.8 Å². The molecular formula is C17H11NOS. The van der Waals surface area contributed by atoms with Crippen molar-refractivity contribution in [2.45, 2.75) is 6.42 Å². The highest BCUT2D eigenvalue weighted by atomic mass is 32.1. The molecule has 4 rings (SSSR count). The normalized spacial score (nSPS) is 14.2. The largest absolute Gasteiger partial charge is 0.294 e. The average Bonchev–Trinajstić information content (AvgIpc) is 3.01. The zero-order chi connectivity index (χ0) is 13.5. The van der Waals surface area contributed by atoms with Gasteiger partial charge in [0.2, 0.25) is 0 Å². The maximum Gasteiger partial charge on any atom is 0.171 e. The Bertz CT molecular complexity index is 847. The molecular weight excluding hydrogens is 266 g/mol. The third-order valence-corrected chi connectivity index (χ3v) is 4.50. The summed E-state index contributed by atoms with van der Waals surface area (Å²) in [7, 11) is 0. The second-order valence-electron chi connectivity index (χ2n) is 4.82. The summed E-state index contributed by atoms with van der Waals surface area (Å²) >= 11 is 1.63. The molecule has 0 saturated heterocycles. The summed E-state index contributed by atoms with van der Waals surface area (Å²) < 4.78 is 0. The first-order chi connectivity index (χ1) is 9.83. The molecule has 0 aliphatic carbocycles. The molecule has 20 heavy (non-hydrogen) atoms. The van der Waals surface area contributed by atoms with E-state index >= 15 is 0 Å². The van der Waals surface area contributed by atoms with Gasteiger partial charge in [0.05, 0.1) is 17.8 Å². The van der Waals surface area contributed by atoms with Crippen molar-refractivity contribution in [1.82, 2.24) is 0 Å². The van der Waals surface area contributed by atoms with Crippen LogP contribution in [0.3, 0.4) is 0 Å². The topological polar surface area (TPSA) is 29.4 Å².